The third kappa shape index (κ3) is 4.82. The maximum absolute atomic E-state index is 12.8. The van der Waals surface area contributed by atoms with Crippen LogP contribution in [0, 0.1) is 6.92 Å². The Labute approximate surface area is 149 Å². The Kier molecular flexibility index (Phi) is 9.55. The Bertz CT molecular complexity index is 479. The fourth-order valence-electron chi connectivity index (χ4n) is 2.86. The van der Waals surface area contributed by atoms with Crippen LogP contribution in [0.15, 0.2) is 0 Å². The largest absolute Gasteiger partial charge is 0.333 e. The highest BCUT2D eigenvalue weighted by molar-refractivity contribution is 7.13. The molecule has 128 valence electrons. The summed E-state index contributed by atoms with van der Waals surface area (Å²) in [5, 5.41) is 1.07. The molecule has 2 rings (SSSR count). The zero-order valence-corrected chi connectivity index (χ0v) is 16.0. The molecule has 0 saturated carbocycles. The number of halogens is 2. The normalized spacial score (nSPS) is 19.1. The van der Waals surface area contributed by atoms with Crippen molar-refractivity contribution in [2.24, 2.45) is 5.73 Å². The number of aryl methyl sites for hydroxylation is 2. The van der Waals surface area contributed by atoms with Crippen LogP contribution in [-0.2, 0) is 6.42 Å². The number of hydrogen-bond acceptors (Lipinski definition) is 4. The van der Waals surface area contributed by atoms with Crippen molar-refractivity contribution in [2.75, 3.05) is 6.54 Å². The molecule has 22 heavy (non-hydrogen) atoms. The molecule has 0 aromatic carbocycles. The van der Waals surface area contributed by atoms with E-state index in [4.69, 9.17) is 5.73 Å². The van der Waals surface area contributed by atoms with Crippen LogP contribution in [0.1, 0.15) is 59.9 Å². The van der Waals surface area contributed by atoms with Crippen LogP contribution >= 0.6 is 36.2 Å². The predicted molar refractivity (Wildman–Crippen MR) is 97.7 cm³/mol. The number of nitrogens with zero attached hydrogens (tertiary/aromatic N) is 2. The van der Waals surface area contributed by atoms with E-state index in [0.29, 0.717) is 0 Å². The standard InChI is InChI=1S/C15H25N3OS.2ClH/c1-4-7-13-17-11(3)14(20-13)15(19)18-9-6-5-8-12(18)10(2)16;;/h10,12H,4-9,16H2,1-3H3;2*1H. The van der Waals surface area contributed by atoms with Crippen LogP contribution in [0.25, 0.3) is 0 Å². The van der Waals surface area contributed by atoms with Crippen molar-refractivity contribution in [3.8, 4) is 0 Å². The lowest BCUT2D eigenvalue weighted by molar-refractivity contribution is 0.0588. The van der Waals surface area contributed by atoms with Crippen molar-refractivity contribution in [2.45, 2.75) is 65.0 Å². The predicted octanol–water partition coefficient (Wildman–Crippen LogP) is 3.59. The van der Waals surface area contributed by atoms with E-state index < -0.39 is 0 Å². The van der Waals surface area contributed by atoms with Gasteiger partial charge in [0.2, 0.25) is 0 Å². The summed E-state index contributed by atoms with van der Waals surface area (Å²) in [6.45, 7) is 6.90. The Balaban J connectivity index is 0.00000220. The summed E-state index contributed by atoms with van der Waals surface area (Å²) in [4.78, 5) is 20.1. The molecule has 2 unspecified atom stereocenters. The summed E-state index contributed by atoms with van der Waals surface area (Å²) in [5.41, 5.74) is 6.93. The third-order valence-electron chi connectivity index (χ3n) is 3.92. The van der Waals surface area contributed by atoms with Crippen molar-refractivity contribution in [3.63, 3.8) is 0 Å². The van der Waals surface area contributed by atoms with E-state index in [1.165, 1.54) is 6.42 Å². The summed E-state index contributed by atoms with van der Waals surface area (Å²) < 4.78 is 0. The lowest BCUT2D eigenvalue weighted by Gasteiger charge is -2.37. The van der Waals surface area contributed by atoms with Gasteiger partial charge >= 0.3 is 0 Å². The van der Waals surface area contributed by atoms with Gasteiger partial charge in [0, 0.05) is 18.6 Å². The van der Waals surface area contributed by atoms with Crippen LogP contribution < -0.4 is 5.73 Å². The summed E-state index contributed by atoms with van der Waals surface area (Å²) in [5.74, 6) is 0.129. The van der Waals surface area contributed by atoms with E-state index in [0.717, 1.165) is 47.8 Å². The Morgan fingerprint density at radius 3 is 2.73 bits per heavy atom. The molecule has 1 aliphatic rings. The van der Waals surface area contributed by atoms with E-state index in [1.807, 2.05) is 18.7 Å². The fourth-order valence-corrected chi connectivity index (χ4v) is 3.98. The quantitative estimate of drug-likeness (QED) is 0.884. The summed E-state index contributed by atoms with van der Waals surface area (Å²) >= 11 is 1.56. The van der Waals surface area contributed by atoms with Gasteiger partial charge in [0.1, 0.15) is 4.88 Å². The Morgan fingerprint density at radius 2 is 2.14 bits per heavy atom. The van der Waals surface area contributed by atoms with Crippen molar-refractivity contribution in [1.82, 2.24) is 9.88 Å². The summed E-state index contributed by atoms with van der Waals surface area (Å²) in [6.07, 6.45) is 5.28. The molecule has 0 bridgehead atoms. The van der Waals surface area contributed by atoms with Crippen LogP contribution in [0.2, 0.25) is 0 Å². The van der Waals surface area contributed by atoms with Gasteiger partial charge < -0.3 is 10.6 Å². The summed E-state index contributed by atoms with van der Waals surface area (Å²) in [7, 11) is 0. The lowest BCUT2D eigenvalue weighted by Crippen LogP contribution is -2.51. The van der Waals surface area contributed by atoms with Gasteiger partial charge in [-0.1, -0.05) is 6.92 Å². The maximum Gasteiger partial charge on any atom is 0.266 e. The molecule has 2 atom stereocenters. The van der Waals surface area contributed by atoms with Gasteiger partial charge in [-0.15, -0.1) is 36.2 Å². The minimum absolute atomic E-state index is 0. The highest BCUT2D eigenvalue weighted by Gasteiger charge is 2.31. The molecule has 2 N–H and O–H groups in total. The molecule has 2 heterocycles. The number of thiazole rings is 1. The fraction of sp³-hybridized carbons (Fsp3) is 0.733. The molecule has 4 nitrogen and oxygen atoms in total. The topological polar surface area (TPSA) is 59.2 Å². The first-order valence-corrected chi connectivity index (χ1v) is 8.39. The average molecular weight is 368 g/mol. The van der Waals surface area contributed by atoms with Crippen molar-refractivity contribution in [1.29, 1.82) is 0 Å². The number of aromatic nitrogens is 1. The molecule has 0 aliphatic carbocycles. The lowest BCUT2D eigenvalue weighted by atomic mass is 9.96. The van der Waals surface area contributed by atoms with Gasteiger partial charge in [-0.25, -0.2) is 4.98 Å². The molecule has 0 radical (unpaired) electrons. The van der Waals surface area contributed by atoms with E-state index in [9.17, 15) is 4.79 Å². The van der Waals surface area contributed by atoms with Crippen LogP contribution in [-0.4, -0.2) is 34.4 Å². The van der Waals surface area contributed by atoms with Crippen molar-refractivity contribution in [3.05, 3.63) is 15.6 Å². The van der Waals surface area contributed by atoms with Gasteiger partial charge in [0.15, 0.2) is 0 Å². The Morgan fingerprint density at radius 1 is 1.45 bits per heavy atom. The molecule has 1 aliphatic heterocycles. The van der Waals surface area contributed by atoms with Gasteiger partial charge in [-0.05, 0) is 46.0 Å². The minimum atomic E-state index is 0. The zero-order chi connectivity index (χ0) is 14.7. The first kappa shape index (κ1) is 21.6. The van der Waals surface area contributed by atoms with Gasteiger partial charge in [0.05, 0.1) is 10.7 Å². The number of nitrogens with two attached hydrogens (primary N) is 1. The second-order valence-electron chi connectivity index (χ2n) is 5.69. The highest BCUT2D eigenvalue weighted by atomic mass is 35.5. The first-order valence-electron chi connectivity index (χ1n) is 7.57. The van der Waals surface area contributed by atoms with Crippen LogP contribution in [0.3, 0.4) is 0 Å². The molecular formula is C15H27Cl2N3OS. The third-order valence-corrected chi connectivity index (χ3v) is 5.12. The molecule has 1 fully saturated rings. The highest BCUT2D eigenvalue weighted by Crippen LogP contribution is 2.26. The van der Waals surface area contributed by atoms with Gasteiger partial charge in [-0.3, -0.25) is 4.79 Å². The molecule has 1 aromatic heterocycles. The molecule has 0 spiro atoms. The second-order valence-corrected chi connectivity index (χ2v) is 6.78. The van der Waals surface area contributed by atoms with E-state index in [1.54, 1.807) is 11.3 Å². The minimum Gasteiger partial charge on any atom is -0.333 e. The zero-order valence-electron chi connectivity index (χ0n) is 13.5. The number of amides is 1. The molecule has 1 saturated heterocycles. The monoisotopic (exact) mass is 367 g/mol. The average Bonchev–Trinajstić information content (AvgIpc) is 2.79. The molecule has 7 heteroatoms. The van der Waals surface area contributed by atoms with Crippen molar-refractivity contribution < 1.29 is 4.79 Å². The number of piperidine rings is 1. The first-order chi connectivity index (χ1) is 9.54. The number of likely N-dealkylation sites (tertiary alicyclic amines) is 1. The van der Waals surface area contributed by atoms with Gasteiger partial charge in [-0.2, -0.15) is 0 Å². The maximum atomic E-state index is 12.8. The van der Waals surface area contributed by atoms with Crippen LogP contribution in [0.4, 0.5) is 0 Å². The smallest absolute Gasteiger partial charge is 0.266 e. The second kappa shape index (κ2) is 9.71. The van der Waals surface area contributed by atoms with Gasteiger partial charge in [0.25, 0.3) is 5.91 Å². The number of hydrogen-bond donors (Lipinski definition) is 1. The number of rotatable bonds is 4. The molecule has 1 aromatic rings. The molecule has 1 amide bonds. The van der Waals surface area contributed by atoms with Crippen molar-refractivity contribution >= 4 is 42.1 Å². The Hall–Kier alpha value is -0.360. The number of carbonyl (C=O) groups excluding carboxylic acids is 1. The summed E-state index contributed by atoms with van der Waals surface area (Å²) in [6, 6.07) is 0.204. The van der Waals surface area contributed by atoms with E-state index in [2.05, 4.69) is 11.9 Å². The number of carbonyl (C=O) groups is 1. The molecular weight excluding hydrogens is 341 g/mol. The van der Waals surface area contributed by atoms with E-state index in [-0.39, 0.29) is 42.8 Å². The van der Waals surface area contributed by atoms with Crippen LogP contribution in [0.5, 0.6) is 0 Å². The van der Waals surface area contributed by atoms with E-state index >= 15 is 0 Å². The SMILES string of the molecule is CCCc1nc(C)c(C(=O)N2CCCCC2C(C)N)s1.Cl.Cl.